The Morgan fingerprint density at radius 2 is 2.12 bits per heavy atom. The summed E-state index contributed by atoms with van der Waals surface area (Å²) >= 11 is 0. The predicted molar refractivity (Wildman–Crippen MR) is 99.7 cm³/mol. The summed E-state index contributed by atoms with van der Waals surface area (Å²) < 4.78 is 5.10. The van der Waals surface area contributed by atoms with E-state index < -0.39 is 0 Å². The van der Waals surface area contributed by atoms with Crippen LogP contribution in [0.1, 0.15) is 51.9 Å². The molecule has 0 spiro atoms. The Kier molecular flexibility index (Phi) is 5.96. The van der Waals surface area contributed by atoms with Gasteiger partial charge in [-0.3, -0.25) is 9.69 Å². The van der Waals surface area contributed by atoms with E-state index in [0.717, 1.165) is 35.6 Å². The van der Waals surface area contributed by atoms with Crippen LogP contribution in [0.15, 0.2) is 30.5 Å². The number of likely N-dealkylation sites (tertiary alicyclic amines) is 1. The van der Waals surface area contributed by atoms with Crippen LogP contribution in [-0.4, -0.2) is 41.5 Å². The number of hydrogen-bond acceptors (Lipinski definition) is 5. The highest BCUT2D eigenvalue weighted by molar-refractivity contribution is 5.94. The molecule has 1 aliphatic heterocycles. The minimum atomic E-state index is -0.0970. The first-order valence-electron chi connectivity index (χ1n) is 8.97. The smallest absolute Gasteiger partial charge is 0.251 e. The summed E-state index contributed by atoms with van der Waals surface area (Å²) in [5.41, 5.74) is 3.70. The monoisotopic (exact) mass is 354 g/mol. The second-order valence-electron chi connectivity index (χ2n) is 6.78. The van der Waals surface area contributed by atoms with Crippen LogP contribution < -0.4 is 5.32 Å². The first-order valence-corrected chi connectivity index (χ1v) is 8.97. The molecule has 2 aromatic rings. The fourth-order valence-electron chi connectivity index (χ4n) is 3.39. The molecule has 2 heterocycles. The number of carbonyl (C=O) groups is 1. The molecule has 0 radical (unpaired) electrons. The van der Waals surface area contributed by atoms with Crippen molar-refractivity contribution in [2.75, 3.05) is 20.7 Å². The average molecular weight is 354 g/mol. The lowest BCUT2D eigenvalue weighted by atomic mass is 10.1. The molecule has 0 unspecified atom stereocenters. The molecule has 6 nitrogen and oxygen atoms in total. The number of benzene rings is 1. The van der Waals surface area contributed by atoms with Crippen molar-refractivity contribution in [3.05, 3.63) is 58.7 Å². The van der Waals surface area contributed by atoms with Gasteiger partial charge in [0.05, 0.1) is 18.3 Å². The molecule has 3 rings (SSSR count). The van der Waals surface area contributed by atoms with Crippen molar-refractivity contribution in [1.29, 1.82) is 0 Å². The van der Waals surface area contributed by atoms with Crippen molar-refractivity contribution in [2.45, 2.75) is 39.0 Å². The number of hydrogen-bond donors (Lipinski definition) is 1. The molecule has 6 heteroatoms. The molecule has 1 atom stereocenters. The third kappa shape index (κ3) is 4.26. The lowest BCUT2D eigenvalue weighted by Crippen LogP contribution is -2.26. The fraction of sp³-hybridized carbons (Fsp3) is 0.450. The van der Waals surface area contributed by atoms with Crippen LogP contribution in [0.2, 0.25) is 0 Å². The third-order valence-corrected chi connectivity index (χ3v) is 4.82. The number of aryl methyl sites for hydroxylation is 1. The van der Waals surface area contributed by atoms with E-state index in [1.165, 1.54) is 6.42 Å². The summed E-state index contributed by atoms with van der Waals surface area (Å²) in [4.78, 5) is 23.8. The van der Waals surface area contributed by atoms with Crippen molar-refractivity contribution in [2.24, 2.45) is 0 Å². The zero-order valence-electron chi connectivity index (χ0n) is 15.7. The van der Waals surface area contributed by atoms with E-state index >= 15 is 0 Å². The molecular weight excluding hydrogens is 328 g/mol. The predicted octanol–water partition coefficient (Wildman–Crippen LogP) is 2.63. The van der Waals surface area contributed by atoms with Gasteiger partial charge in [0, 0.05) is 31.0 Å². The standard InChI is InChI=1S/C20H26N4O2/c1-14-21-11-17(19(23-14)18-5-4-10-24(18)2)12-22-20(25)16-8-6-15(7-9-16)13-26-3/h6-9,11,18H,4-5,10,12-13H2,1-3H3,(H,22,25)/t18-/m1/s1. The lowest BCUT2D eigenvalue weighted by Gasteiger charge is -2.21. The molecule has 1 saturated heterocycles. The fourth-order valence-corrected chi connectivity index (χ4v) is 3.39. The normalized spacial score (nSPS) is 17.4. The Balaban J connectivity index is 1.70. The maximum atomic E-state index is 12.5. The summed E-state index contributed by atoms with van der Waals surface area (Å²) in [6, 6.07) is 7.76. The van der Waals surface area contributed by atoms with Crippen molar-refractivity contribution in [1.82, 2.24) is 20.2 Å². The molecule has 1 fully saturated rings. The minimum Gasteiger partial charge on any atom is -0.380 e. The van der Waals surface area contributed by atoms with Crippen LogP contribution in [-0.2, 0) is 17.9 Å². The van der Waals surface area contributed by atoms with Crippen molar-refractivity contribution < 1.29 is 9.53 Å². The first kappa shape index (κ1) is 18.5. The number of methoxy groups -OCH3 is 1. The maximum absolute atomic E-state index is 12.5. The molecule has 1 N–H and O–H groups in total. The molecule has 138 valence electrons. The van der Waals surface area contributed by atoms with Gasteiger partial charge in [0.2, 0.25) is 0 Å². The van der Waals surface area contributed by atoms with Gasteiger partial charge in [-0.05, 0) is 51.1 Å². The van der Waals surface area contributed by atoms with E-state index in [4.69, 9.17) is 4.74 Å². The Morgan fingerprint density at radius 1 is 1.35 bits per heavy atom. The zero-order valence-corrected chi connectivity index (χ0v) is 15.7. The second kappa shape index (κ2) is 8.38. The third-order valence-electron chi connectivity index (χ3n) is 4.82. The molecule has 0 aliphatic carbocycles. The van der Waals surface area contributed by atoms with Gasteiger partial charge in [0.1, 0.15) is 5.82 Å². The molecule has 1 aliphatic rings. The Hall–Kier alpha value is -2.31. The van der Waals surface area contributed by atoms with Crippen LogP contribution in [0.4, 0.5) is 0 Å². The van der Waals surface area contributed by atoms with Gasteiger partial charge < -0.3 is 10.1 Å². The van der Waals surface area contributed by atoms with Crippen LogP contribution in [0.25, 0.3) is 0 Å². The Bertz CT molecular complexity index is 761. The summed E-state index contributed by atoms with van der Waals surface area (Å²) in [5, 5.41) is 3.00. The molecule has 1 aromatic heterocycles. The number of ether oxygens (including phenoxy) is 1. The highest BCUT2D eigenvalue weighted by atomic mass is 16.5. The van der Waals surface area contributed by atoms with E-state index in [1.807, 2.05) is 37.4 Å². The van der Waals surface area contributed by atoms with E-state index in [9.17, 15) is 4.79 Å². The Labute approximate surface area is 154 Å². The SMILES string of the molecule is COCc1ccc(C(=O)NCc2cnc(C)nc2[C@H]2CCCN2C)cc1. The van der Waals surface area contributed by atoms with Gasteiger partial charge in [-0.15, -0.1) is 0 Å². The molecule has 0 saturated carbocycles. The minimum absolute atomic E-state index is 0.0970. The van der Waals surface area contributed by atoms with Gasteiger partial charge in [0.15, 0.2) is 0 Å². The van der Waals surface area contributed by atoms with Crippen LogP contribution in [0.3, 0.4) is 0 Å². The number of rotatable bonds is 6. The largest absolute Gasteiger partial charge is 0.380 e. The summed E-state index contributed by atoms with van der Waals surface area (Å²) in [6.45, 7) is 3.95. The second-order valence-corrected chi connectivity index (χ2v) is 6.78. The van der Waals surface area contributed by atoms with Crippen molar-refractivity contribution >= 4 is 5.91 Å². The van der Waals surface area contributed by atoms with Gasteiger partial charge in [-0.25, -0.2) is 9.97 Å². The number of nitrogens with one attached hydrogen (secondary N) is 1. The zero-order chi connectivity index (χ0) is 18.5. The lowest BCUT2D eigenvalue weighted by molar-refractivity contribution is 0.0950. The Morgan fingerprint density at radius 3 is 2.77 bits per heavy atom. The maximum Gasteiger partial charge on any atom is 0.251 e. The first-order chi connectivity index (χ1) is 12.6. The van der Waals surface area contributed by atoms with Crippen molar-refractivity contribution in [3.63, 3.8) is 0 Å². The number of amides is 1. The number of carbonyl (C=O) groups excluding carboxylic acids is 1. The molecular formula is C20H26N4O2. The van der Waals surface area contributed by atoms with E-state index in [1.54, 1.807) is 7.11 Å². The molecule has 1 amide bonds. The number of nitrogens with zero attached hydrogens (tertiary/aromatic N) is 3. The average Bonchev–Trinajstić information content (AvgIpc) is 3.07. The quantitative estimate of drug-likeness (QED) is 0.864. The van der Waals surface area contributed by atoms with E-state index in [0.29, 0.717) is 24.8 Å². The van der Waals surface area contributed by atoms with Crippen LogP contribution >= 0.6 is 0 Å². The van der Waals surface area contributed by atoms with Crippen LogP contribution in [0.5, 0.6) is 0 Å². The highest BCUT2D eigenvalue weighted by Gasteiger charge is 2.26. The van der Waals surface area contributed by atoms with Gasteiger partial charge >= 0.3 is 0 Å². The van der Waals surface area contributed by atoms with Gasteiger partial charge in [-0.1, -0.05) is 12.1 Å². The van der Waals surface area contributed by atoms with E-state index in [2.05, 4.69) is 27.2 Å². The van der Waals surface area contributed by atoms with Gasteiger partial charge in [0.25, 0.3) is 5.91 Å². The molecule has 1 aromatic carbocycles. The van der Waals surface area contributed by atoms with Crippen molar-refractivity contribution in [3.8, 4) is 0 Å². The van der Waals surface area contributed by atoms with Gasteiger partial charge in [-0.2, -0.15) is 0 Å². The number of aromatic nitrogens is 2. The topological polar surface area (TPSA) is 67.3 Å². The highest BCUT2D eigenvalue weighted by Crippen LogP contribution is 2.31. The summed E-state index contributed by atoms with van der Waals surface area (Å²) in [6.07, 6.45) is 4.10. The van der Waals surface area contributed by atoms with Crippen LogP contribution in [0, 0.1) is 6.92 Å². The van der Waals surface area contributed by atoms with E-state index in [-0.39, 0.29) is 5.91 Å². The molecule has 26 heavy (non-hydrogen) atoms. The summed E-state index contributed by atoms with van der Waals surface area (Å²) in [7, 11) is 3.78. The summed E-state index contributed by atoms with van der Waals surface area (Å²) in [5.74, 6) is 0.671. The molecule has 0 bridgehead atoms.